The van der Waals surface area contributed by atoms with E-state index in [0.29, 0.717) is 18.8 Å². The molecule has 1 saturated carbocycles. The van der Waals surface area contributed by atoms with Crippen molar-refractivity contribution in [3.05, 3.63) is 0 Å². The maximum atomic E-state index is 5.49. The molecule has 0 atom stereocenters. The average Bonchev–Trinajstić information content (AvgIpc) is 1.94. The summed E-state index contributed by atoms with van der Waals surface area (Å²) < 4.78 is 10.4. The van der Waals surface area contributed by atoms with Crippen molar-refractivity contribution in [2.24, 2.45) is 0 Å². The van der Waals surface area contributed by atoms with Crippen LogP contribution < -0.4 is 5.32 Å². The summed E-state index contributed by atoms with van der Waals surface area (Å²) in [6, 6.07) is 0.683. The van der Waals surface area contributed by atoms with E-state index < -0.39 is 0 Å². The van der Waals surface area contributed by atoms with E-state index in [4.69, 9.17) is 9.47 Å². The quantitative estimate of drug-likeness (QED) is 0.589. The lowest BCUT2D eigenvalue weighted by atomic mass is 9.89. The van der Waals surface area contributed by atoms with Crippen LogP contribution in [-0.4, -0.2) is 39.5 Å². The second kappa shape index (κ2) is 4.70. The highest BCUT2D eigenvalue weighted by Gasteiger charge is 2.27. The predicted octanol–water partition coefficient (Wildman–Crippen LogP) is 0.400. The van der Waals surface area contributed by atoms with Crippen LogP contribution in [0.25, 0.3) is 0 Å². The molecule has 0 bridgehead atoms. The highest BCUT2D eigenvalue weighted by Crippen LogP contribution is 2.22. The van der Waals surface area contributed by atoms with Crippen LogP contribution in [0.4, 0.5) is 0 Å². The Morgan fingerprint density at radius 2 is 2.09 bits per heavy atom. The predicted molar refractivity (Wildman–Crippen MR) is 43.7 cm³/mol. The van der Waals surface area contributed by atoms with Crippen molar-refractivity contribution in [3.63, 3.8) is 0 Å². The van der Waals surface area contributed by atoms with Crippen molar-refractivity contribution in [1.29, 1.82) is 0 Å². The minimum Gasteiger partial charge on any atom is -0.382 e. The minimum atomic E-state index is 0.475. The molecule has 1 rings (SSSR count). The molecule has 3 heteroatoms. The first-order valence-corrected chi connectivity index (χ1v) is 4.14. The highest BCUT2D eigenvalue weighted by atomic mass is 16.5. The van der Waals surface area contributed by atoms with E-state index in [1.165, 1.54) is 0 Å². The average molecular weight is 159 g/mol. The Balaban J connectivity index is 1.88. The van der Waals surface area contributed by atoms with Gasteiger partial charge in [0.05, 0.1) is 19.3 Å². The summed E-state index contributed by atoms with van der Waals surface area (Å²) in [7, 11) is 3.69. The van der Waals surface area contributed by atoms with Crippen LogP contribution in [-0.2, 0) is 9.47 Å². The van der Waals surface area contributed by atoms with Gasteiger partial charge in [0.1, 0.15) is 0 Å². The van der Waals surface area contributed by atoms with Crippen LogP contribution in [0.1, 0.15) is 12.8 Å². The number of nitrogens with one attached hydrogen (secondary N) is 1. The van der Waals surface area contributed by atoms with E-state index in [1.807, 2.05) is 7.05 Å². The van der Waals surface area contributed by atoms with Crippen LogP contribution in [0.2, 0.25) is 0 Å². The zero-order chi connectivity index (χ0) is 8.10. The Labute approximate surface area is 68.1 Å². The Kier molecular flexibility index (Phi) is 3.83. The lowest BCUT2D eigenvalue weighted by Gasteiger charge is -2.34. The van der Waals surface area contributed by atoms with Gasteiger partial charge in [0.2, 0.25) is 0 Å². The molecule has 1 aliphatic rings. The molecule has 0 spiro atoms. The van der Waals surface area contributed by atoms with Crippen molar-refractivity contribution in [1.82, 2.24) is 5.32 Å². The van der Waals surface area contributed by atoms with Gasteiger partial charge in [-0.3, -0.25) is 0 Å². The molecule has 0 amide bonds. The van der Waals surface area contributed by atoms with E-state index in [2.05, 4.69) is 5.32 Å². The van der Waals surface area contributed by atoms with Crippen LogP contribution in [0.5, 0.6) is 0 Å². The number of methoxy groups -OCH3 is 1. The van der Waals surface area contributed by atoms with Gasteiger partial charge in [-0.15, -0.1) is 0 Å². The molecular weight excluding hydrogens is 142 g/mol. The summed E-state index contributed by atoms with van der Waals surface area (Å²) in [5.41, 5.74) is 0. The van der Waals surface area contributed by atoms with Crippen molar-refractivity contribution in [3.8, 4) is 0 Å². The maximum absolute atomic E-state index is 5.49. The standard InChI is InChI=1S/C8H17NO2/c1-9-7-5-8(6-7)11-4-3-10-2/h7-9H,3-6H2,1-2H3. The van der Waals surface area contributed by atoms with Crippen molar-refractivity contribution >= 4 is 0 Å². The first kappa shape index (κ1) is 8.97. The maximum Gasteiger partial charge on any atom is 0.0704 e. The lowest BCUT2D eigenvalue weighted by Crippen LogP contribution is -2.44. The van der Waals surface area contributed by atoms with E-state index in [9.17, 15) is 0 Å². The molecule has 0 unspecified atom stereocenters. The van der Waals surface area contributed by atoms with Gasteiger partial charge in [-0.2, -0.15) is 0 Å². The molecular formula is C8H17NO2. The SMILES string of the molecule is CNC1CC(OCCOC)C1. The smallest absolute Gasteiger partial charge is 0.0704 e. The lowest BCUT2D eigenvalue weighted by molar-refractivity contribution is -0.0343. The molecule has 0 aromatic rings. The summed E-state index contributed by atoms with van der Waals surface area (Å²) in [5.74, 6) is 0. The van der Waals surface area contributed by atoms with Crippen LogP contribution in [0.15, 0.2) is 0 Å². The van der Waals surface area contributed by atoms with Gasteiger partial charge < -0.3 is 14.8 Å². The molecule has 66 valence electrons. The fraction of sp³-hybridized carbons (Fsp3) is 1.00. The molecule has 1 aliphatic carbocycles. The minimum absolute atomic E-state index is 0.475. The Hall–Kier alpha value is -0.120. The van der Waals surface area contributed by atoms with Gasteiger partial charge in [-0.25, -0.2) is 0 Å². The van der Waals surface area contributed by atoms with Crippen LogP contribution in [0.3, 0.4) is 0 Å². The number of hydrogen-bond acceptors (Lipinski definition) is 3. The van der Waals surface area contributed by atoms with E-state index in [0.717, 1.165) is 19.4 Å². The molecule has 11 heavy (non-hydrogen) atoms. The molecule has 0 aliphatic heterocycles. The van der Waals surface area contributed by atoms with Gasteiger partial charge in [0, 0.05) is 13.2 Å². The van der Waals surface area contributed by atoms with Gasteiger partial charge in [-0.05, 0) is 19.9 Å². The van der Waals surface area contributed by atoms with Crippen LogP contribution in [0, 0.1) is 0 Å². The fourth-order valence-corrected chi connectivity index (χ4v) is 1.24. The van der Waals surface area contributed by atoms with E-state index in [-0.39, 0.29) is 0 Å². The highest BCUT2D eigenvalue weighted by molar-refractivity contribution is 4.84. The molecule has 1 fully saturated rings. The third-order valence-electron chi connectivity index (χ3n) is 2.14. The van der Waals surface area contributed by atoms with E-state index >= 15 is 0 Å². The molecule has 0 aromatic carbocycles. The Bertz CT molecular complexity index is 102. The second-order valence-corrected chi connectivity index (χ2v) is 2.94. The molecule has 3 nitrogen and oxygen atoms in total. The second-order valence-electron chi connectivity index (χ2n) is 2.94. The summed E-state index contributed by atoms with van der Waals surface area (Å²) >= 11 is 0. The zero-order valence-corrected chi connectivity index (χ0v) is 7.30. The third kappa shape index (κ3) is 2.77. The third-order valence-corrected chi connectivity index (χ3v) is 2.14. The molecule has 0 aromatic heterocycles. The summed E-state index contributed by atoms with van der Waals surface area (Å²) in [6.07, 6.45) is 2.78. The normalized spacial score (nSPS) is 30.0. The van der Waals surface area contributed by atoms with Crippen molar-refractivity contribution in [2.75, 3.05) is 27.4 Å². The van der Waals surface area contributed by atoms with Crippen molar-refractivity contribution < 1.29 is 9.47 Å². The topological polar surface area (TPSA) is 30.5 Å². The van der Waals surface area contributed by atoms with Gasteiger partial charge in [-0.1, -0.05) is 0 Å². The first-order valence-electron chi connectivity index (χ1n) is 4.14. The zero-order valence-electron chi connectivity index (χ0n) is 7.30. The van der Waals surface area contributed by atoms with E-state index in [1.54, 1.807) is 7.11 Å². The monoisotopic (exact) mass is 159 g/mol. The first-order chi connectivity index (χ1) is 5.36. The fourth-order valence-electron chi connectivity index (χ4n) is 1.24. The van der Waals surface area contributed by atoms with Gasteiger partial charge >= 0.3 is 0 Å². The largest absolute Gasteiger partial charge is 0.382 e. The summed E-state index contributed by atoms with van der Waals surface area (Å²) in [4.78, 5) is 0. The van der Waals surface area contributed by atoms with Crippen LogP contribution >= 0.6 is 0 Å². The van der Waals surface area contributed by atoms with Gasteiger partial charge in [0.15, 0.2) is 0 Å². The number of rotatable bonds is 5. The summed E-state index contributed by atoms with van der Waals surface area (Å²) in [5, 5.41) is 3.21. The molecule has 1 N–H and O–H groups in total. The van der Waals surface area contributed by atoms with Crippen molar-refractivity contribution in [2.45, 2.75) is 25.0 Å². The van der Waals surface area contributed by atoms with Gasteiger partial charge in [0.25, 0.3) is 0 Å². The Morgan fingerprint density at radius 3 is 2.64 bits per heavy atom. The number of hydrogen-bond donors (Lipinski definition) is 1. The molecule has 0 saturated heterocycles. The summed E-state index contributed by atoms with van der Waals surface area (Å²) in [6.45, 7) is 1.44. The Morgan fingerprint density at radius 1 is 1.36 bits per heavy atom. The molecule has 0 radical (unpaired) electrons. The number of ether oxygens (including phenoxy) is 2. The molecule has 0 heterocycles.